The van der Waals surface area contributed by atoms with E-state index in [0.717, 1.165) is 11.1 Å². The summed E-state index contributed by atoms with van der Waals surface area (Å²) in [6.45, 7) is 5.86. The molecule has 0 saturated heterocycles. The molecule has 0 bridgehead atoms. The van der Waals surface area contributed by atoms with Gasteiger partial charge in [-0.25, -0.2) is 10.6 Å². The Morgan fingerprint density at radius 3 is 1.90 bits per heavy atom. The van der Waals surface area contributed by atoms with Gasteiger partial charge in [0.15, 0.2) is 0 Å². The lowest BCUT2D eigenvalue weighted by Crippen LogP contribution is -2.40. The minimum atomic E-state index is -0.613. The van der Waals surface area contributed by atoms with E-state index in [-0.39, 0.29) is 25.0 Å². The summed E-state index contributed by atoms with van der Waals surface area (Å²) < 4.78 is 10.9. The van der Waals surface area contributed by atoms with Gasteiger partial charge in [0.2, 0.25) is 0 Å². The molecule has 0 radical (unpaired) electrons. The lowest BCUT2D eigenvalue weighted by molar-refractivity contribution is -0.148. The Hall–Kier alpha value is -3.12. The molecule has 2 aromatic carbocycles. The first-order chi connectivity index (χ1) is 14.4. The van der Waals surface area contributed by atoms with Crippen LogP contribution in [0.3, 0.4) is 0 Å². The van der Waals surface area contributed by atoms with Crippen LogP contribution in [0.25, 0.3) is 0 Å². The number of benzene rings is 2. The Morgan fingerprint density at radius 2 is 1.43 bits per heavy atom. The molecular weight excluding hydrogens is 380 g/mol. The van der Waals surface area contributed by atoms with E-state index in [4.69, 9.17) is 15.3 Å². The third-order valence-corrected chi connectivity index (χ3v) is 4.58. The van der Waals surface area contributed by atoms with Crippen molar-refractivity contribution in [1.82, 2.24) is 5.01 Å². The molecule has 0 amide bonds. The van der Waals surface area contributed by atoms with Crippen LogP contribution >= 0.6 is 0 Å². The molecule has 1 atom stereocenters. The van der Waals surface area contributed by atoms with Gasteiger partial charge in [0.05, 0.1) is 5.92 Å². The van der Waals surface area contributed by atoms with Crippen LogP contribution in [0.2, 0.25) is 0 Å². The molecule has 0 heterocycles. The van der Waals surface area contributed by atoms with Crippen LogP contribution in [0.15, 0.2) is 72.4 Å². The standard InChI is InChI=1S/C24H30N2O4/c1-4-21(23(27)29-16-19-11-7-5-8-12-19)15-22(26(25)18(2)3)24(28)30-17-20-13-9-6-10-14-20/h5-15,18,21H,4,16-17,25H2,1-3H3/b22-15-. The Kier molecular flexibility index (Phi) is 9.09. The van der Waals surface area contributed by atoms with Crippen molar-refractivity contribution in [1.29, 1.82) is 0 Å². The number of carbonyl (C=O) groups is 2. The van der Waals surface area contributed by atoms with Gasteiger partial charge in [0.25, 0.3) is 0 Å². The zero-order valence-electron chi connectivity index (χ0n) is 17.8. The zero-order valence-corrected chi connectivity index (χ0v) is 17.8. The van der Waals surface area contributed by atoms with Crippen molar-refractivity contribution in [3.8, 4) is 0 Å². The van der Waals surface area contributed by atoms with Crippen molar-refractivity contribution in [2.45, 2.75) is 46.4 Å². The van der Waals surface area contributed by atoms with Gasteiger partial charge in [-0.3, -0.25) is 4.79 Å². The van der Waals surface area contributed by atoms with E-state index >= 15 is 0 Å². The number of nitrogens with zero attached hydrogens (tertiary/aromatic N) is 1. The average Bonchev–Trinajstić information content (AvgIpc) is 2.77. The van der Waals surface area contributed by atoms with Crippen LogP contribution in [0.1, 0.15) is 38.3 Å². The van der Waals surface area contributed by atoms with Crippen LogP contribution in [0.4, 0.5) is 0 Å². The van der Waals surface area contributed by atoms with Gasteiger partial charge in [-0.15, -0.1) is 0 Å². The van der Waals surface area contributed by atoms with E-state index in [2.05, 4.69) is 0 Å². The highest BCUT2D eigenvalue weighted by atomic mass is 16.5. The maximum Gasteiger partial charge on any atom is 0.356 e. The number of carbonyl (C=O) groups excluding carboxylic acids is 2. The summed E-state index contributed by atoms with van der Waals surface area (Å²) in [6.07, 6.45) is 2.01. The Bertz CT molecular complexity index is 835. The summed E-state index contributed by atoms with van der Waals surface area (Å²) in [4.78, 5) is 25.4. The highest BCUT2D eigenvalue weighted by Crippen LogP contribution is 2.17. The van der Waals surface area contributed by atoms with E-state index in [1.807, 2.05) is 81.4 Å². The van der Waals surface area contributed by atoms with Crippen LogP contribution in [0, 0.1) is 5.92 Å². The van der Waals surface area contributed by atoms with Gasteiger partial charge < -0.3 is 14.5 Å². The minimum absolute atomic E-state index is 0.123. The fourth-order valence-corrected chi connectivity index (χ4v) is 2.71. The Labute approximate surface area is 178 Å². The summed E-state index contributed by atoms with van der Waals surface area (Å²) in [6, 6.07) is 18.7. The van der Waals surface area contributed by atoms with Gasteiger partial charge in [0.1, 0.15) is 18.9 Å². The monoisotopic (exact) mass is 410 g/mol. The second-order valence-corrected chi connectivity index (χ2v) is 7.22. The predicted molar refractivity (Wildman–Crippen MR) is 116 cm³/mol. The predicted octanol–water partition coefficient (Wildman–Crippen LogP) is 3.97. The summed E-state index contributed by atoms with van der Waals surface area (Å²) in [5, 5.41) is 1.32. The Morgan fingerprint density at radius 1 is 0.933 bits per heavy atom. The largest absolute Gasteiger partial charge is 0.460 e. The van der Waals surface area contributed by atoms with Crippen LogP contribution in [0.5, 0.6) is 0 Å². The first-order valence-electron chi connectivity index (χ1n) is 10.1. The maximum absolute atomic E-state index is 12.8. The third kappa shape index (κ3) is 7.04. The molecule has 160 valence electrons. The smallest absolute Gasteiger partial charge is 0.356 e. The highest BCUT2D eigenvalue weighted by Gasteiger charge is 2.24. The fraction of sp³-hybridized carbons (Fsp3) is 0.333. The maximum atomic E-state index is 12.8. The Balaban J connectivity index is 2.11. The molecule has 0 aliphatic carbocycles. The second kappa shape index (κ2) is 11.8. The number of ether oxygens (including phenoxy) is 2. The van der Waals surface area contributed by atoms with Gasteiger partial charge in [0, 0.05) is 6.04 Å². The van der Waals surface area contributed by atoms with Crippen molar-refractivity contribution in [3.63, 3.8) is 0 Å². The molecule has 0 aliphatic heterocycles. The van der Waals surface area contributed by atoms with Gasteiger partial charge in [-0.05, 0) is 37.5 Å². The SMILES string of the molecule is CCC(/C=C(/C(=O)OCc1ccccc1)N(N)C(C)C)C(=O)OCc1ccccc1. The number of esters is 2. The van der Waals surface area contributed by atoms with Gasteiger partial charge in [-0.2, -0.15) is 0 Å². The average molecular weight is 411 g/mol. The molecule has 2 N–H and O–H groups in total. The summed E-state index contributed by atoms with van der Waals surface area (Å²) >= 11 is 0. The molecule has 0 aromatic heterocycles. The van der Waals surface area contributed by atoms with Crippen molar-refractivity contribution in [2.75, 3.05) is 0 Å². The topological polar surface area (TPSA) is 81.9 Å². The van der Waals surface area contributed by atoms with Gasteiger partial charge >= 0.3 is 11.9 Å². The lowest BCUT2D eigenvalue weighted by atomic mass is 10.0. The normalized spacial score (nSPS) is 12.4. The van der Waals surface area contributed by atoms with Crippen molar-refractivity contribution in [2.24, 2.45) is 11.8 Å². The number of hydrogen-bond acceptors (Lipinski definition) is 6. The number of nitrogens with two attached hydrogens (primary N) is 1. The minimum Gasteiger partial charge on any atom is -0.460 e. The number of rotatable bonds is 10. The number of hydrogen-bond donors (Lipinski definition) is 1. The van der Waals surface area contributed by atoms with E-state index in [1.54, 1.807) is 6.08 Å². The molecule has 2 rings (SSSR count). The summed E-state index contributed by atoms with van der Waals surface area (Å²) in [5.74, 6) is 4.51. The van der Waals surface area contributed by atoms with E-state index in [0.29, 0.717) is 6.42 Å². The molecule has 0 saturated carbocycles. The van der Waals surface area contributed by atoms with Crippen LogP contribution in [-0.2, 0) is 32.3 Å². The van der Waals surface area contributed by atoms with Gasteiger partial charge in [-0.1, -0.05) is 67.6 Å². The second-order valence-electron chi connectivity index (χ2n) is 7.22. The van der Waals surface area contributed by atoms with E-state index < -0.39 is 17.9 Å². The molecule has 30 heavy (non-hydrogen) atoms. The molecule has 1 unspecified atom stereocenters. The molecular formula is C24H30N2O4. The molecule has 0 spiro atoms. The molecule has 0 fully saturated rings. The van der Waals surface area contributed by atoms with Crippen molar-refractivity contribution in [3.05, 3.63) is 83.6 Å². The first-order valence-corrected chi connectivity index (χ1v) is 10.1. The molecule has 2 aromatic rings. The van der Waals surface area contributed by atoms with Crippen LogP contribution in [-0.4, -0.2) is 23.0 Å². The summed E-state index contributed by atoms with van der Waals surface area (Å²) in [5.41, 5.74) is 1.91. The first kappa shape index (κ1) is 23.2. The quantitative estimate of drug-likeness (QED) is 0.276. The molecule has 6 nitrogen and oxygen atoms in total. The van der Waals surface area contributed by atoms with Crippen molar-refractivity contribution >= 4 is 11.9 Å². The zero-order chi connectivity index (χ0) is 21.9. The highest BCUT2D eigenvalue weighted by molar-refractivity contribution is 5.89. The summed E-state index contributed by atoms with van der Waals surface area (Å²) in [7, 11) is 0. The lowest BCUT2D eigenvalue weighted by Gasteiger charge is -2.25. The fourth-order valence-electron chi connectivity index (χ4n) is 2.71. The van der Waals surface area contributed by atoms with E-state index in [1.165, 1.54) is 5.01 Å². The van der Waals surface area contributed by atoms with E-state index in [9.17, 15) is 9.59 Å². The van der Waals surface area contributed by atoms with Crippen molar-refractivity contribution < 1.29 is 19.1 Å². The molecule has 0 aliphatic rings. The molecule has 6 heteroatoms. The third-order valence-electron chi connectivity index (χ3n) is 4.58. The van der Waals surface area contributed by atoms with Crippen LogP contribution < -0.4 is 5.84 Å². The number of hydrazine groups is 1.